The summed E-state index contributed by atoms with van der Waals surface area (Å²) in [4.78, 5) is 34.0. The molecule has 0 aliphatic carbocycles. The predicted octanol–water partition coefficient (Wildman–Crippen LogP) is 3.98. The van der Waals surface area contributed by atoms with Crippen molar-refractivity contribution in [2.45, 2.75) is 18.9 Å². The third kappa shape index (κ3) is 3.80. The maximum atomic E-state index is 13.1. The second kappa shape index (κ2) is 8.58. The summed E-state index contributed by atoms with van der Waals surface area (Å²) in [7, 11) is 3.81. The second-order valence-electron chi connectivity index (χ2n) is 8.53. The molecule has 168 valence electrons. The quantitative estimate of drug-likeness (QED) is 0.481. The van der Waals surface area contributed by atoms with Crippen LogP contribution in [-0.2, 0) is 7.05 Å². The monoisotopic (exact) mass is 441 g/mol. The van der Waals surface area contributed by atoms with Gasteiger partial charge in [0, 0.05) is 62.6 Å². The summed E-state index contributed by atoms with van der Waals surface area (Å²) in [6, 6.07) is 19.6. The van der Waals surface area contributed by atoms with E-state index in [1.165, 1.54) is 0 Å². The number of hydrogen-bond donors (Lipinski definition) is 0. The van der Waals surface area contributed by atoms with E-state index in [9.17, 15) is 9.59 Å². The minimum atomic E-state index is 0.00915. The van der Waals surface area contributed by atoms with E-state index in [1.54, 1.807) is 17.0 Å². The zero-order valence-corrected chi connectivity index (χ0v) is 18.9. The largest absolute Gasteiger partial charge is 0.345 e. The van der Waals surface area contributed by atoms with E-state index in [4.69, 9.17) is 0 Å². The molecule has 2 aromatic heterocycles. The topological polar surface area (TPSA) is 63.4 Å². The van der Waals surface area contributed by atoms with Crippen LogP contribution in [0.5, 0.6) is 0 Å². The Balaban J connectivity index is 1.28. The number of amides is 1. The van der Waals surface area contributed by atoms with Gasteiger partial charge in [0.1, 0.15) is 0 Å². The number of aromatic nitrogens is 3. The minimum Gasteiger partial charge on any atom is -0.345 e. The average Bonchev–Trinajstić information content (AvgIpc) is 3.14. The summed E-state index contributed by atoms with van der Waals surface area (Å²) < 4.78 is 3.61. The van der Waals surface area contributed by atoms with E-state index in [2.05, 4.69) is 9.88 Å². The Kier molecular flexibility index (Phi) is 5.46. The van der Waals surface area contributed by atoms with Crippen LogP contribution in [-0.4, -0.2) is 45.1 Å². The fourth-order valence-electron chi connectivity index (χ4n) is 4.73. The van der Waals surface area contributed by atoms with Crippen LogP contribution in [0.3, 0.4) is 0 Å². The van der Waals surface area contributed by atoms with Gasteiger partial charge in [-0.2, -0.15) is 0 Å². The molecule has 0 unspecified atom stereocenters. The lowest BCUT2D eigenvalue weighted by Gasteiger charge is -2.32. The van der Waals surface area contributed by atoms with Gasteiger partial charge >= 0.3 is 5.69 Å². The van der Waals surface area contributed by atoms with Gasteiger partial charge in [0.2, 0.25) is 0 Å². The summed E-state index contributed by atoms with van der Waals surface area (Å²) in [5.74, 6) is 0.0387. The zero-order chi connectivity index (χ0) is 22.9. The number of pyridine rings is 1. The zero-order valence-electron chi connectivity index (χ0n) is 18.9. The first-order valence-electron chi connectivity index (χ1n) is 11.2. The van der Waals surface area contributed by atoms with E-state index in [-0.39, 0.29) is 17.6 Å². The summed E-state index contributed by atoms with van der Waals surface area (Å²) in [5, 5.41) is 0. The van der Waals surface area contributed by atoms with E-state index in [0.717, 1.165) is 35.2 Å². The highest BCUT2D eigenvalue weighted by molar-refractivity contribution is 5.94. The molecule has 0 bridgehead atoms. The van der Waals surface area contributed by atoms with Crippen LogP contribution in [0, 0.1) is 0 Å². The molecule has 0 spiro atoms. The highest BCUT2D eigenvalue weighted by Crippen LogP contribution is 2.27. The maximum absolute atomic E-state index is 13.1. The number of benzene rings is 2. The van der Waals surface area contributed by atoms with Gasteiger partial charge in [0.25, 0.3) is 5.91 Å². The molecular weight excluding hydrogens is 414 g/mol. The molecule has 7 nitrogen and oxygen atoms in total. The number of carbonyl (C=O) groups is 1. The van der Waals surface area contributed by atoms with Crippen LogP contribution in [0.15, 0.2) is 77.9 Å². The molecule has 5 rings (SSSR count). The number of nitrogens with zero attached hydrogens (tertiary/aromatic N) is 5. The Hall–Kier alpha value is -3.87. The van der Waals surface area contributed by atoms with E-state index in [0.29, 0.717) is 18.7 Å². The van der Waals surface area contributed by atoms with Crippen LogP contribution < -0.4 is 10.6 Å². The Morgan fingerprint density at radius 1 is 0.909 bits per heavy atom. The SMILES string of the molecule is CN(c1ccncc1)c1ccc(C(=O)N2CCC(n3c(=O)n(C)c4ccccc43)CC2)cc1. The molecule has 1 amide bonds. The first kappa shape index (κ1) is 21.0. The minimum absolute atomic E-state index is 0.00915. The van der Waals surface area contributed by atoms with Gasteiger partial charge in [-0.25, -0.2) is 4.79 Å². The van der Waals surface area contributed by atoms with E-state index >= 15 is 0 Å². The molecule has 1 fully saturated rings. The molecule has 7 heteroatoms. The Morgan fingerprint density at radius 3 is 2.18 bits per heavy atom. The summed E-state index contributed by atoms with van der Waals surface area (Å²) in [5.41, 5.74) is 4.64. The number of carbonyl (C=O) groups excluding carboxylic acids is 1. The number of aryl methyl sites for hydroxylation is 1. The first-order chi connectivity index (χ1) is 16.0. The fraction of sp³-hybridized carbons (Fsp3) is 0.269. The van der Waals surface area contributed by atoms with Crippen LogP contribution in [0.1, 0.15) is 29.2 Å². The maximum Gasteiger partial charge on any atom is 0.329 e. The Morgan fingerprint density at radius 2 is 1.52 bits per heavy atom. The van der Waals surface area contributed by atoms with Crippen molar-refractivity contribution < 1.29 is 4.79 Å². The third-order valence-corrected chi connectivity index (χ3v) is 6.66. The van der Waals surface area contributed by atoms with Crippen LogP contribution in [0.4, 0.5) is 11.4 Å². The number of rotatable bonds is 4. The number of piperidine rings is 1. The highest BCUT2D eigenvalue weighted by atomic mass is 16.2. The summed E-state index contributed by atoms with van der Waals surface area (Å²) in [6.07, 6.45) is 5.06. The smallest absolute Gasteiger partial charge is 0.329 e. The lowest BCUT2D eigenvalue weighted by Crippen LogP contribution is -2.40. The molecule has 1 saturated heterocycles. The number of anilines is 2. The highest BCUT2D eigenvalue weighted by Gasteiger charge is 2.27. The molecule has 33 heavy (non-hydrogen) atoms. The van der Waals surface area contributed by atoms with Gasteiger partial charge in [-0.3, -0.25) is 18.9 Å². The number of likely N-dealkylation sites (tertiary alicyclic amines) is 1. The summed E-state index contributed by atoms with van der Waals surface area (Å²) in [6.45, 7) is 1.27. The standard InChI is InChI=1S/C26H27N5O2/c1-28(21-11-15-27-16-12-21)20-9-7-19(8-10-20)25(32)30-17-13-22(14-18-30)31-24-6-4-3-5-23(24)29(2)26(31)33/h3-12,15-16,22H,13-14,17-18H2,1-2H3. The molecule has 0 atom stereocenters. The van der Waals surface area contributed by atoms with E-state index < -0.39 is 0 Å². The van der Waals surface area contributed by atoms with Gasteiger partial charge < -0.3 is 9.80 Å². The molecule has 1 aliphatic rings. The van der Waals surface area contributed by atoms with E-state index in [1.807, 2.05) is 84.2 Å². The lowest BCUT2D eigenvalue weighted by molar-refractivity contribution is 0.0695. The molecule has 0 N–H and O–H groups in total. The Labute approximate surface area is 192 Å². The molecule has 1 aliphatic heterocycles. The van der Waals surface area contributed by atoms with Gasteiger partial charge in [0.05, 0.1) is 11.0 Å². The third-order valence-electron chi connectivity index (χ3n) is 6.66. The van der Waals surface area contributed by atoms with Gasteiger partial charge in [0.15, 0.2) is 0 Å². The van der Waals surface area contributed by atoms with Crippen molar-refractivity contribution in [3.63, 3.8) is 0 Å². The second-order valence-corrected chi connectivity index (χ2v) is 8.53. The molecule has 2 aromatic carbocycles. The molecule has 4 aromatic rings. The van der Waals surface area contributed by atoms with Crippen molar-refractivity contribution in [1.82, 2.24) is 19.0 Å². The van der Waals surface area contributed by atoms with Crippen molar-refractivity contribution in [1.29, 1.82) is 0 Å². The van der Waals surface area contributed by atoms with Crippen molar-refractivity contribution in [3.8, 4) is 0 Å². The average molecular weight is 442 g/mol. The number of fused-ring (bicyclic) bond motifs is 1. The number of para-hydroxylation sites is 2. The lowest BCUT2D eigenvalue weighted by atomic mass is 10.0. The molecule has 0 radical (unpaired) electrons. The van der Waals surface area contributed by atoms with Gasteiger partial charge in [-0.15, -0.1) is 0 Å². The first-order valence-corrected chi connectivity index (χ1v) is 11.2. The van der Waals surface area contributed by atoms with Crippen LogP contribution in [0.2, 0.25) is 0 Å². The van der Waals surface area contributed by atoms with Crippen molar-refractivity contribution in [3.05, 3.63) is 89.1 Å². The predicted molar refractivity (Wildman–Crippen MR) is 130 cm³/mol. The van der Waals surface area contributed by atoms with Crippen molar-refractivity contribution in [2.75, 3.05) is 25.0 Å². The van der Waals surface area contributed by atoms with Crippen LogP contribution in [0.25, 0.3) is 11.0 Å². The summed E-state index contributed by atoms with van der Waals surface area (Å²) >= 11 is 0. The fourth-order valence-corrected chi connectivity index (χ4v) is 4.73. The number of hydrogen-bond acceptors (Lipinski definition) is 4. The molecule has 0 saturated carbocycles. The van der Waals surface area contributed by atoms with Crippen molar-refractivity contribution >= 4 is 28.3 Å². The number of imidazole rings is 1. The molecular formula is C26H27N5O2. The van der Waals surface area contributed by atoms with Crippen molar-refractivity contribution in [2.24, 2.45) is 7.05 Å². The van der Waals surface area contributed by atoms with Crippen LogP contribution >= 0.6 is 0 Å². The Bertz CT molecular complexity index is 1330. The normalized spacial score (nSPS) is 14.5. The van der Waals surface area contributed by atoms with Gasteiger partial charge in [-0.05, 0) is 61.4 Å². The molecule has 3 heterocycles. The van der Waals surface area contributed by atoms with Gasteiger partial charge in [-0.1, -0.05) is 12.1 Å².